The summed E-state index contributed by atoms with van der Waals surface area (Å²) in [6.45, 7) is 0.443. The van der Waals surface area contributed by atoms with Crippen LogP contribution in [0, 0.1) is 0 Å². The highest BCUT2D eigenvalue weighted by molar-refractivity contribution is 6.06. The number of phenols is 2. The van der Waals surface area contributed by atoms with Crippen LogP contribution in [0.25, 0.3) is 0 Å². The lowest BCUT2D eigenvalue weighted by atomic mass is 10.1. The van der Waals surface area contributed by atoms with Gasteiger partial charge in [0.05, 0.1) is 0 Å². The van der Waals surface area contributed by atoms with E-state index in [1.165, 1.54) is 23.1 Å². The van der Waals surface area contributed by atoms with Crippen molar-refractivity contribution >= 4 is 11.6 Å². The summed E-state index contributed by atoms with van der Waals surface area (Å²) in [5, 5.41) is 18.8. The third kappa shape index (κ3) is 2.89. The number of nitrogens with two attached hydrogens (primary N) is 1. The molecule has 5 heteroatoms. The number of carbonyl (C=O) groups is 1. The summed E-state index contributed by atoms with van der Waals surface area (Å²) in [7, 11) is 1.63. The lowest BCUT2D eigenvalue weighted by Gasteiger charge is -2.18. The van der Waals surface area contributed by atoms with Gasteiger partial charge in [-0.15, -0.1) is 0 Å². The van der Waals surface area contributed by atoms with Gasteiger partial charge in [0, 0.05) is 30.9 Å². The Kier molecular flexibility index (Phi) is 3.91. The van der Waals surface area contributed by atoms with Crippen LogP contribution < -0.4 is 10.6 Å². The summed E-state index contributed by atoms with van der Waals surface area (Å²) in [6.07, 6.45) is 0. The standard InChI is InChI=1S/C15H16N2O3/c1-17(12-4-2-10(9-16)3-5-12)15(20)11-6-13(18)8-14(19)7-11/h2-8,18-19H,9,16H2,1H3. The SMILES string of the molecule is CN(C(=O)c1cc(O)cc(O)c1)c1ccc(CN)cc1. The second kappa shape index (κ2) is 5.63. The summed E-state index contributed by atoms with van der Waals surface area (Å²) >= 11 is 0. The first-order valence-electron chi connectivity index (χ1n) is 6.11. The van der Waals surface area contributed by atoms with Gasteiger partial charge >= 0.3 is 0 Å². The van der Waals surface area contributed by atoms with Crippen molar-refractivity contribution in [2.75, 3.05) is 11.9 Å². The molecule has 0 aliphatic heterocycles. The van der Waals surface area contributed by atoms with E-state index in [1.54, 1.807) is 19.2 Å². The zero-order chi connectivity index (χ0) is 14.7. The van der Waals surface area contributed by atoms with E-state index in [9.17, 15) is 15.0 Å². The van der Waals surface area contributed by atoms with Gasteiger partial charge in [-0.2, -0.15) is 0 Å². The van der Waals surface area contributed by atoms with E-state index in [2.05, 4.69) is 0 Å². The summed E-state index contributed by atoms with van der Waals surface area (Å²) in [5.41, 5.74) is 7.42. The monoisotopic (exact) mass is 272 g/mol. The van der Waals surface area contributed by atoms with Crippen molar-refractivity contribution in [1.82, 2.24) is 0 Å². The van der Waals surface area contributed by atoms with Crippen molar-refractivity contribution in [3.8, 4) is 11.5 Å². The highest BCUT2D eigenvalue weighted by atomic mass is 16.3. The van der Waals surface area contributed by atoms with Crippen LogP contribution in [0.1, 0.15) is 15.9 Å². The van der Waals surface area contributed by atoms with Crippen LogP contribution in [-0.4, -0.2) is 23.2 Å². The molecule has 5 nitrogen and oxygen atoms in total. The Hall–Kier alpha value is -2.53. The molecule has 0 atom stereocenters. The third-order valence-electron chi connectivity index (χ3n) is 3.01. The first-order valence-corrected chi connectivity index (χ1v) is 6.11. The smallest absolute Gasteiger partial charge is 0.258 e. The van der Waals surface area contributed by atoms with Crippen LogP contribution in [-0.2, 0) is 6.54 Å². The number of aromatic hydroxyl groups is 2. The van der Waals surface area contributed by atoms with Gasteiger partial charge in [0.2, 0.25) is 0 Å². The van der Waals surface area contributed by atoms with Crippen molar-refractivity contribution in [2.45, 2.75) is 6.54 Å². The molecule has 0 bridgehead atoms. The minimum atomic E-state index is -0.323. The Morgan fingerprint density at radius 1 is 1.10 bits per heavy atom. The van der Waals surface area contributed by atoms with Gasteiger partial charge in [-0.25, -0.2) is 0 Å². The average molecular weight is 272 g/mol. The van der Waals surface area contributed by atoms with Crippen LogP contribution in [0.4, 0.5) is 5.69 Å². The van der Waals surface area contributed by atoms with Crippen LogP contribution in [0.5, 0.6) is 11.5 Å². The quantitative estimate of drug-likeness (QED) is 0.795. The van der Waals surface area contributed by atoms with Crippen LogP contribution in [0.3, 0.4) is 0 Å². The molecule has 0 fully saturated rings. The van der Waals surface area contributed by atoms with Crippen LogP contribution in [0.15, 0.2) is 42.5 Å². The molecule has 2 aromatic rings. The van der Waals surface area contributed by atoms with Gasteiger partial charge in [-0.1, -0.05) is 12.1 Å². The van der Waals surface area contributed by atoms with Gasteiger partial charge in [0.1, 0.15) is 11.5 Å². The fourth-order valence-electron chi connectivity index (χ4n) is 1.89. The maximum atomic E-state index is 12.3. The molecule has 1 amide bonds. The maximum Gasteiger partial charge on any atom is 0.258 e. The number of benzene rings is 2. The molecule has 20 heavy (non-hydrogen) atoms. The van der Waals surface area contributed by atoms with E-state index in [4.69, 9.17) is 5.73 Å². The number of carbonyl (C=O) groups excluding carboxylic acids is 1. The normalized spacial score (nSPS) is 10.3. The second-order valence-electron chi connectivity index (χ2n) is 4.47. The minimum Gasteiger partial charge on any atom is -0.508 e. The summed E-state index contributed by atoms with van der Waals surface area (Å²) in [4.78, 5) is 13.7. The van der Waals surface area contributed by atoms with Crippen molar-refractivity contribution in [3.05, 3.63) is 53.6 Å². The second-order valence-corrected chi connectivity index (χ2v) is 4.47. The van der Waals surface area contributed by atoms with Crippen LogP contribution >= 0.6 is 0 Å². The number of hydrogen-bond acceptors (Lipinski definition) is 4. The molecule has 0 spiro atoms. The molecule has 2 rings (SSSR count). The van der Waals surface area contributed by atoms with Gasteiger partial charge in [-0.05, 0) is 29.8 Å². The van der Waals surface area contributed by atoms with Crippen molar-refractivity contribution < 1.29 is 15.0 Å². The molecule has 0 aliphatic carbocycles. The Bertz CT molecular complexity index is 603. The Morgan fingerprint density at radius 3 is 2.15 bits per heavy atom. The highest BCUT2D eigenvalue weighted by Crippen LogP contribution is 2.23. The zero-order valence-electron chi connectivity index (χ0n) is 11.1. The Labute approximate surface area is 116 Å². The van der Waals surface area contributed by atoms with E-state index >= 15 is 0 Å². The van der Waals surface area contributed by atoms with Gasteiger partial charge in [-0.3, -0.25) is 4.79 Å². The number of anilines is 1. The first kappa shape index (κ1) is 13.9. The fraction of sp³-hybridized carbons (Fsp3) is 0.133. The first-order chi connectivity index (χ1) is 9.51. The zero-order valence-corrected chi connectivity index (χ0v) is 11.1. The maximum absolute atomic E-state index is 12.3. The molecule has 0 saturated carbocycles. The fourth-order valence-corrected chi connectivity index (χ4v) is 1.89. The number of rotatable bonds is 3. The van der Waals surface area contributed by atoms with Crippen molar-refractivity contribution in [2.24, 2.45) is 5.73 Å². The van der Waals surface area contributed by atoms with Gasteiger partial charge in [0.25, 0.3) is 5.91 Å². The summed E-state index contributed by atoms with van der Waals surface area (Å²) in [6, 6.07) is 11.1. The largest absolute Gasteiger partial charge is 0.508 e. The van der Waals surface area contributed by atoms with E-state index in [1.807, 2.05) is 12.1 Å². The third-order valence-corrected chi connectivity index (χ3v) is 3.01. The predicted octanol–water partition coefficient (Wildman–Crippen LogP) is 1.83. The van der Waals surface area contributed by atoms with E-state index in [-0.39, 0.29) is 23.0 Å². The minimum absolute atomic E-state index is 0.153. The molecular formula is C15H16N2O3. The molecule has 0 unspecified atom stereocenters. The Balaban J connectivity index is 2.27. The summed E-state index contributed by atoms with van der Waals surface area (Å²) in [5.74, 6) is -0.628. The number of hydrogen-bond donors (Lipinski definition) is 3. The van der Waals surface area contributed by atoms with E-state index < -0.39 is 0 Å². The molecule has 0 saturated heterocycles. The molecule has 4 N–H and O–H groups in total. The lowest BCUT2D eigenvalue weighted by molar-refractivity contribution is 0.0992. The number of phenolic OH excluding ortho intramolecular Hbond substituents is 2. The number of amides is 1. The van der Waals surface area contributed by atoms with Crippen molar-refractivity contribution in [3.63, 3.8) is 0 Å². The molecule has 104 valence electrons. The van der Waals surface area contributed by atoms with Crippen molar-refractivity contribution in [1.29, 1.82) is 0 Å². The summed E-state index contributed by atoms with van der Waals surface area (Å²) < 4.78 is 0. The molecule has 0 aromatic heterocycles. The molecular weight excluding hydrogens is 256 g/mol. The topological polar surface area (TPSA) is 86.8 Å². The lowest BCUT2D eigenvalue weighted by Crippen LogP contribution is -2.26. The number of nitrogens with zero attached hydrogens (tertiary/aromatic N) is 1. The van der Waals surface area contributed by atoms with E-state index in [0.29, 0.717) is 12.2 Å². The van der Waals surface area contributed by atoms with E-state index in [0.717, 1.165) is 5.56 Å². The predicted molar refractivity (Wildman–Crippen MR) is 76.8 cm³/mol. The average Bonchev–Trinajstić information content (AvgIpc) is 2.45. The van der Waals surface area contributed by atoms with Gasteiger partial charge < -0.3 is 20.8 Å². The van der Waals surface area contributed by atoms with Crippen LogP contribution in [0.2, 0.25) is 0 Å². The molecule has 0 aliphatic rings. The highest BCUT2D eigenvalue weighted by Gasteiger charge is 2.15. The van der Waals surface area contributed by atoms with Gasteiger partial charge in [0.15, 0.2) is 0 Å². The molecule has 0 heterocycles. The molecule has 0 radical (unpaired) electrons. The Morgan fingerprint density at radius 2 is 1.65 bits per heavy atom. The molecule has 2 aromatic carbocycles.